The zero-order chi connectivity index (χ0) is 13.9. The van der Waals surface area contributed by atoms with Gasteiger partial charge in [-0.05, 0) is 32.0 Å². The second kappa shape index (κ2) is 3.73. The molecule has 0 radical (unpaired) electrons. The molecule has 0 saturated heterocycles. The normalized spacial score (nSPS) is 11.7. The number of benzene rings is 2. The molecule has 0 aliphatic heterocycles. The third-order valence-electron chi connectivity index (χ3n) is 3.93. The number of aromatic nitrogens is 2. The monoisotopic (exact) mass is 261 g/mol. The minimum absolute atomic E-state index is 0.838. The quantitative estimate of drug-likeness (QED) is 0.522. The Bertz CT molecular complexity index is 980. The predicted octanol–water partition coefficient (Wildman–Crippen LogP) is 3.84. The van der Waals surface area contributed by atoms with Crippen molar-refractivity contribution >= 4 is 33.0 Å². The Morgan fingerprint density at radius 1 is 1.00 bits per heavy atom. The molecule has 3 heteroatoms. The van der Waals surface area contributed by atoms with Crippen LogP contribution in [0, 0.1) is 13.8 Å². The van der Waals surface area contributed by atoms with Crippen molar-refractivity contribution in [3.05, 3.63) is 53.9 Å². The van der Waals surface area contributed by atoms with Crippen molar-refractivity contribution in [1.82, 2.24) is 9.38 Å². The Morgan fingerprint density at radius 2 is 1.80 bits per heavy atom. The van der Waals surface area contributed by atoms with Crippen molar-refractivity contribution in [3.63, 3.8) is 0 Å². The Balaban J connectivity index is 2.39. The van der Waals surface area contributed by atoms with Crippen LogP contribution in [0.1, 0.15) is 11.4 Å². The SMILES string of the molecule is Cc1ccc2c(c1)c(N)c1c3ccccc3nc(C)n21. The van der Waals surface area contributed by atoms with Crippen molar-refractivity contribution in [2.75, 3.05) is 5.73 Å². The number of nitrogens with zero attached hydrogens (tertiary/aromatic N) is 2. The van der Waals surface area contributed by atoms with Gasteiger partial charge in [0.1, 0.15) is 5.82 Å². The summed E-state index contributed by atoms with van der Waals surface area (Å²) in [7, 11) is 0. The van der Waals surface area contributed by atoms with Crippen molar-refractivity contribution in [2.24, 2.45) is 0 Å². The molecule has 0 amide bonds. The summed E-state index contributed by atoms with van der Waals surface area (Å²) in [6, 6.07) is 14.5. The Hall–Kier alpha value is -2.55. The number of anilines is 1. The van der Waals surface area contributed by atoms with Gasteiger partial charge in [0.2, 0.25) is 0 Å². The maximum atomic E-state index is 6.43. The predicted molar refractivity (Wildman–Crippen MR) is 84.1 cm³/mol. The molecule has 0 spiro atoms. The number of nitrogen functional groups attached to an aromatic ring is 1. The molecule has 3 nitrogen and oxygen atoms in total. The van der Waals surface area contributed by atoms with Gasteiger partial charge in [-0.15, -0.1) is 0 Å². The van der Waals surface area contributed by atoms with E-state index in [-0.39, 0.29) is 0 Å². The molecule has 0 bridgehead atoms. The van der Waals surface area contributed by atoms with Crippen LogP contribution < -0.4 is 5.73 Å². The number of nitrogens with two attached hydrogens (primary N) is 1. The van der Waals surface area contributed by atoms with Gasteiger partial charge < -0.3 is 5.73 Å². The lowest BCUT2D eigenvalue weighted by atomic mass is 10.1. The largest absolute Gasteiger partial charge is 0.396 e. The van der Waals surface area contributed by atoms with Crippen LogP contribution >= 0.6 is 0 Å². The topological polar surface area (TPSA) is 43.3 Å². The van der Waals surface area contributed by atoms with E-state index in [0.29, 0.717) is 0 Å². The van der Waals surface area contributed by atoms with E-state index < -0.39 is 0 Å². The van der Waals surface area contributed by atoms with Gasteiger partial charge in [0.15, 0.2) is 0 Å². The lowest BCUT2D eigenvalue weighted by Gasteiger charge is -2.06. The fourth-order valence-corrected chi connectivity index (χ4v) is 3.03. The molecule has 2 aromatic carbocycles. The van der Waals surface area contributed by atoms with Crippen LogP contribution in [-0.4, -0.2) is 9.38 Å². The fourth-order valence-electron chi connectivity index (χ4n) is 3.03. The van der Waals surface area contributed by atoms with E-state index in [9.17, 15) is 0 Å². The first kappa shape index (κ1) is 11.3. The van der Waals surface area contributed by atoms with E-state index in [1.165, 1.54) is 5.56 Å². The first-order valence-electron chi connectivity index (χ1n) is 6.72. The van der Waals surface area contributed by atoms with Crippen LogP contribution in [0.25, 0.3) is 27.3 Å². The molecule has 2 aromatic heterocycles. The van der Waals surface area contributed by atoms with Crippen molar-refractivity contribution < 1.29 is 0 Å². The van der Waals surface area contributed by atoms with Gasteiger partial charge in [-0.3, -0.25) is 4.40 Å². The molecular formula is C17H15N3. The summed E-state index contributed by atoms with van der Waals surface area (Å²) in [5, 5.41) is 2.20. The van der Waals surface area contributed by atoms with Crippen LogP contribution in [0.4, 0.5) is 5.69 Å². The van der Waals surface area contributed by atoms with Gasteiger partial charge in [0.05, 0.1) is 22.2 Å². The van der Waals surface area contributed by atoms with Crippen LogP contribution in [0.5, 0.6) is 0 Å². The van der Waals surface area contributed by atoms with E-state index in [2.05, 4.69) is 35.6 Å². The zero-order valence-corrected chi connectivity index (χ0v) is 11.5. The summed E-state index contributed by atoms with van der Waals surface area (Å²) in [6.07, 6.45) is 0. The Kier molecular flexibility index (Phi) is 2.11. The lowest BCUT2D eigenvalue weighted by molar-refractivity contribution is 1.05. The average molecular weight is 261 g/mol. The van der Waals surface area contributed by atoms with E-state index in [0.717, 1.165) is 38.8 Å². The Labute approximate surface area is 116 Å². The van der Waals surface area contributed by atoms with E-state index in [4.69, 9.17) is 10.7 Å². The van der Waals surface area contributed by atoms with Gasteiger partial charge in [-0.2, -0.15) is 0 Å². The first-order valence-corrected chi connectivity index (χ1v) is 6.72. The van der Waals surface area contributed by atoms with E-state index in [1.807, 2.05) is 25.1 Å². The second-order valence-electron chi connectivity index (χ2n) is 5.29. The molecule has 4 rings (SSSR count). The molecule has 98 valence electrons. The highest BCUT2D eigenvalue weighted by molar-refractivity contribution is 6.11. The molecule has 2 heterocycles. The fraction of sp³-hybridized carbons (Fsp3) is 0.118. The second-order valence-corrected chi connectivity index (χ2v) is 5.29. The van der Waals surface area contributed by atoms with Crippen LogP contribution in [-0.2, 0) is 0 Å². The van der Waals surface area contributed by atoms with Crippen LogP contribution in [0.3, 0.4) is 0 Å². The van der Waals surface area contributed by atoms with Crippen molar-refractivity contribution in [2.45, 2.75) is 13.8 Å². The molecular weight excluding hydrogens is 246 g/mol. The molecule has 0 aliphatic rings. The maximum Gasteiger partial charge on any atom is 0.111 e. The number of para-hydroxylation sites is 1. The molecule has 20 heavy (non-hydrogen) atoms. The highest BCUT2D eigenvalue weighted by atomic mass is 15.0. The number of hydrogen-bond acceptors (Lipinski definition) is 2. The molecule has 2 N–H and O–H groups in total. The smallest absolute Gasteiger partial charge is 0.111 e. The molecule has 0 fully saturated rings. The summed E-state index contributed by atoms with van der Waals surface area (Å²) in [4.78, 5) is 4.70. The van der Waals surface area contributed by atoms with Gasteiger partial charge in [-0.25, -0.2) is 4.98 Å². The maximum absolute atomic E-state index is 6.43. The van der Waals surface area contributed by atoms with E-state index in [1.54, 1.807) is 0 Å². The molecule has 4 aromatic rings. The highest BCUT2D eigenvalue weighted by Crippen LogP contribution is 2.34. The molecule has 0 unspecified atom stereocenters. The van der Waals surface area contributed by atoms with Gasteiger partial charge in [-0.1, -0.05) is 29.8 Å². The summed E-state index contributed by atoms with van der Waals surface area (Å²) in [5.41, 5.74) is 11.7. The summed E-state index contributed by atoms with van der Waals surface area (Å²) < 4.78 is 2.16. The summed E-state index contributed by atoms with van der Waals surface area (Å²) in [6.45, 7) is 4.11. The van der Waals surface area contributed by atoms with Gasteiger partial charge >= 0.3 is 0 Å². The molecule has 0 atom stereocenters. The first-order chi connectivity index (χ1) is 9.66. The number of aryl methyl sites for hydroxylation is 2. The Morgan fingerprint density at radius 3 is 2.65 bits per heavy atom. The van der Waals surface area contributed by atoms with E-state index >= 15 is 0 Å². The number of hydrogen-bond donors (Lipinski definition) is 1. The summed E-state index contributed by atoms with van der Waals surface area (Å²) >= 11 is 0. The zero-order valence-electron chi connectivity index (χ0n) is 11.5. The average Bonchev–Trinajstić information content (AvgIpc) is 2.73. The third kappa shape index (κ3) is 1.32. The van der Waals surface area contributed by atoms with Crippen molar-refractivity contribution in [3.8, 4) is 0 Å². The summed E-state index contributed by atoms with van der Waals surface area (Å²) in [5.74, 6) is 0.962. The van der Waals surface area contributed by atoms with Crippen LogP contribution in [0.2, 0.25) is 0 Å². The minimum atomic E-state index is 0.838. The number of rotatable bonds is 0. The van der Waals surface area contributed by atoms with Crippen molar-refractivity contribution in [1.29, 1.82) is 0 Å². The minimum Gasteiger partial charge on any atom is -0.396 e. The standard InChI is InChI=1S/C17H15N3/c1-10-7-8-15-13(9-10)16(18)17-12-5-3-4-6-14(12)19-11(2)20(15)17/h3-9H,18H2,1-2H3. The highest BCUT2D eigenvalue weighted by Gasteiger charge is 2.14. The molecule has 0 aliphatic carbocycles. The number of fused-ring (bicyclic) bond motifs is 5. The third-order valence-corrected chi connectivity index (χ3v) is 3.93. The van der Waals surface area contributed by atoms with Crippen LogP contribution in [0.15, 0.2) is 42.5 Å². The van der Waals surface area contributed by atoms with Gasteiger partial charge in [0.25, 0.3) is 0 Å². The molecule has 0 saturated carbocycles. The lowest BCUT2D eigenvalue weighted by Crippen LogP contribution is -1.97. The van der Waals surface area contributed by atoms with Gasteiger partial charge in [0, 0.05) is 10.8 Å².